The molecule has 198 valence electrons. The minimum Gasteiger partial charge on any atom is -0.496 e. The van der Waals surface area contributed by atoms with Crippen molar-refractivity contribution in [3.8, 4) is 11.5 Å². The Balaban J connectivity index is 0.000000244. The van der Waals surface area contributed by atoms with Crippen LogP contribution in [0, 0.1) is 53.4 Å². The standard InChI is InChI=1S/C10H14O2.C8H16.C8H10.C7H9N/c1-7-5-9(11-3)8(2)10(6-7)12-4;2*1-7-3-5-8(2)6-4-7;1-6-3-4-7(2)8-5-6/h5-6H,1-4H3;7-8H,3-6H2,1-2H3;3-6H,1-2H3;3-5H,1-2H3. The van der Waals surface area contributed by atoms with Gasteiger partial charge in [-0.3, -0.25) is 4.98 Å². The first-order valence-electron chi connectivity index (χ1n) is 13.2. The Labute approximate surface area is 221 Å². The average molecular weight is 492 g/mol. The molecule has 1 heterocycles. The highest BCUT2D eigenvalue weighted by Gasteiger charge is 2.13. The first-order valence-corrected chi connectivity index (χ1v) is 13.2. The summed E-state index contributed by atoms with van der Waals surface area (Å²) in [4.78, 5) is 4.08. The maximum absolute atomic E-state index is 5.19. The molecule has 1 fully saturated rings. The van der Waals surface area contributed by atoms with E-state index in [-0.39, 0.29) is 0 Å². The van der Waals surface area contributed by atoms with E-state index in [0.29, 0.717) is 0 Å². The van der Waals surface area contributed by atoms with Gasteiger partial charge in [0.05, 0.1) is 14.2 Å². The van der Waals surface area contributed by atoms with Gasteiger partial charge in [-0.05, 0) is 82.7 Å². The molecule has 4 rings (SSSR count). The fraction of sp³-hybridized carbons (Fsp3) is 0.485. The molecule has 0 saturated heterocycles. The molecule has 0 N–H and O–H groups in total. The van der Waals surface area contributed by atoms with Crippen molar-refractivity contribution < 1.29 is 9.47 Å². The number of ether oxygens (including phenoxy) is 2. The molecule has 1 saturated carbocycles. The van der Waals surface area contributed by atoms with Crippen LogP contribution < -0.4 is 9.47 Å². The smallest absolute Gasteiger partial charge is 0.125 e. The Bertz CT molecular complexity index is 865. The second-order valence-electron chi connectivity index (χ2n) is 10.3. The van der Waals surface area contributed by atoms with Crippen LogP contribution in [0.15, 0.2) is 54.7 Å². The summed E-state index contributed by atoms with van der Waals surface area (Å²) in [5.41, 5.74) is 7.15. The van der Waals surface area contributed by atoms with Crippen molar-refractivity contribution in [3.63, 3.8) is 0 Å². The second kappa shape index (κ2) is 16.8. The maximum Gasteiger partial charge on any atom is 0.125 e. The highest BCUT2D eigenvalue weighted by Crippen LogP contribution is 2.29. The molecule has 0 radical (unpaired) electrons. The Kier molecular flexibility index (Phi) is 14.6. The average Bonchev–Trinajstić information content (AvgIpc) is 2.87. The van der Waals surface area contributed by atoms with Gasteiger partial charge in [-0.2, -0.15) is 0 Å². The predicted molar refractivity (Wildman–Crippen MR) is 155 cm³/mol. The molecule has 0 bridgehead atoms. The summed E-state index contributed by atoms with van der Waals surface area (Å²) in [6, 6.07) is 16.5. The molecule has 0 spiro atoms. The minimum absolute atomic E-state index is 0.881. The molecule has 0 unspecified atom stereocenters. The van der Waals surface area contributed by atoms with Gasteiger partial charge in [-0.15, -0.1) is 0 Å². The van der Waals surface area contributed by atoms with Crippen molar-refractivity contribution in [3.05, 3.63) is 88.2 Å². The van der Waals surface area contributed by atoms with Crippen LogP contribution in [0.25, 0.3) is 0 Å². The Morgan fingerprint density at radius 1 is 0.583 bits per heavy atom. The van der Waals surface area contributed by atoms with Gasteiger partial charge in [0.2, 0.25) is 0 Å². The SMILES string of the molecule is CC1CCC(C)CC1.COc1cc(C)cc(OC)c1C.Cc1ccc(C)cc1.Cc1ccc(C)nc1. The molecule has 3 heteroatoms. The number of benzene rings is 2. The first-order chi connectivity index (χ1) is 17.0. The summed E-state index contributed by atoms with van der Waals surface area (Å²) < 4.78 is 10.4. The Morgan fingerprint density at radius 3 is 1.28 bits per heavy atom. The highest BCUT2D eigenvalue weighted by molar-refractivity contribution is 5.46. The lowest BCUT2D eigenvalue weighted by Gasteiger charge is -2.22. The number of hydrogen-bond acceptors (Lipinski definition) is 3. The molecule has 0 amide bonds. The van der Waals surface area contributed by atoms with E-state index in [1.165, 1.54) is 42.4 Å². The molecule has 0 aliphatic heterocycles. The lowest BCUT2D eigenvalue weighted by molar-refractivity contribution is 0.308. The molecule has 1 aliphatic rings. The van der Waals surface area contributed by atoms with Crippen molar-refractivity contribution in [1.82, 2.24) is 4.98 Å². The summed E-state index contributed by atoms with van der Waals surface area (Å²) in [6.07, 6.45) is 7.76. The van der Waals surface area contributed by atoms with Crippen LogP contribution in [0.1, 0.15) is 73.0 Å². The number of methoxy groups -OCH3 is 2. The number of nitrogens with zero attached hydrogens (tertiary/aromatic N) is 1. The van der Waals surface area contributed by atoms with Crippen molar-refractivity contribution in [2.45, 2.75) is 81.1 Å². The van der Waals surface area contributed by atoms with E-state index in [0.717, 1.165) is 40.2 Å². The van der Waals surface area contributed by atoms with Gasteiger partial charge >= 0.3 is 0 Å². The largest absolute Gasteiger partial charge is 0.496 e. The lowest BCUT2D eigenvalue weighted by atomic mass is 9.84. The van der Waals surface area contributed by atoms with Crippen molar-refractivity contribution in [1.29, 1.82) is 0 Å². The van der Waals surface area contributed by atoms with E-state index in [1.807, 2.05) is 52.1 Å². The second-order valence-corrected chi connectivity index (χ2v) is 10.3. The van der Waals surface area contributed by atoms with Crippen molar-refractivity contribution in [2.24, 2.45) is 11.8 Å². The van der Waals surface area contributed by atoms with E-state index in [4.69, 9.17) is 9.47 Å². The molecule has 36 heavy (non-hydrogen) atoms. The number of rotatable bonds is 2. The fourth-order valence-corrected chi connectivity index (χ4v) is 3.82. The number of hydrogen-bond donors (Lipinski definition) is 0. The third-order valence-corrected chi connectivity index (χ3v) is 6.48. The van der Waals surface area contributed by atoms with Crippen LogP contribution in [-0.4, -0.2) is 19.2 Å². The maximum atomic E-state index is 5.19. The number of aryl methyl sites for hydroxylation is 5. The van der Waals surface area contributed by atoms with Crippen LogP contribution >= 0.6 is 0 Å². The van der Waals surface area contributed by atoms with Crippen LogP contribution in [0.2, 0.25) is 0 Å². The quantitative estimate of drug-likeness (QED) is 0.358. The van der Waals surface area contributed by atoms with Gasteiger partial charge in [-0.25, -0.2) is 0 Å². The summed E-state index contributed by atoms with van der Waals surface area (Å²) in [5, 5.41) is 0. The van der Waals surface area contributed by atoms with Crippen LogP contribution in [0.5, 0.6) is 11.5 Å². The third kappa shape index (κ3) is 12.8. The third-order valence-electron chi connectivity index (χ3n) is 6.48. The zero-order chi connectivity index (χ0) is 27.1. The van der Waals surface area contributed by atoms with Crippen LogP contribution in [0.4, 0.5) is 0 Å². The first kappa shape index (κ1) is 31.2. The minimum atomic E-state index is 0.881. The summed E-state index contributed by atoms with van der Waals surface area (Å²) >= 11 is 0. The molecule has 1 aromatic heterocycles. The van der Waals surface area contributed by atoms with Gasteiger partial charge in [0.25, 0.3) is 0 Å². The van der Waals surface area contributed by atoms with Gasteiger partial charge in [-0.1, -0.05) is 81.0 Å². The van der Waals surface area contributed by atoms with Crippen LogP contribution in [0.3, 0.4) is 0 Å². The van der Waals surface area contributed by atoms with Gasteiger partial charge in [0.1, 0.15) is 11.5 Å². The summed E-state index contributed by atoms with van der Waals surface area (Å²) in [7, 11) is 3.34. The molecule has 3 aromatic rings. The Morgan fingerprint density at radius 2 is 0.972 bits per heavy atom. The fourth-order valence-electron chi connectivity index (χ4n) is 3.82. The summed E-state index contributed by atoms with van der Waals surface area (Å²) in [5.74, 6) is 3.80. The van der Waals surface area contributed by atoms with Crippen molar-refractivity contribution >= 4 is 0 Å². The predicted octanol–water partition coefficient (Wildman–Crippen LogP) is 9.16. The van der Waals surface area contributed by atoms with E-state index in [2.05, 4.69) is 63.0 Å². The molecule has 3 nitrogen and oxygen atoms in total. The van der Waals surface area contributed by atoms with Gasteiger partial charge in [0, 0.05) is 17.5 Å². The normalized spacial score (nSPS) is 16.2. The van der Waals surface area contributed by atoms with Gasteiger partial charge in [0.15, 0.2) is 0 Å². The molecular weight excluding hydrogens is 442 g/mol. The van der Waals surface area contributed by atoms with E-state index in [1.54, 1.807) is 14.2 Å². The monoisotopic (exact) mass is 491 g/mol. The Hall–Kier alpha value is -2.81. The molecular formula is C33H49NO2. The number of aromatic nitrogens is 1. The van der Waals surface area contributed by atoms with Gasteiger partial charge < -0.3 is 9.47 Å². The zero-order valence-electron chi connectivity index (χ0n) is 24.4. The van der Waals surface area contributed by atoms with E-state index < -0.39 is 0 Å². The van der Waals surface area contributed by atoms with E-state index >= 15 is 0 Å². The topological polar surface area (TPSA) is 31.4 Å². The highest BCUT2D eigenvalue weighted by atomic mass is 16.5. The number of pyridine rings is 1. The van der Waals surface area contributed by atoms with Crippen molar-refractivity contribution in [2.75, 3.05) is 14.2 Å². The van der Waals surface area contributed by atoms with Crippen LogP contribution in [-0.2, 0) is 0 Å². The summed E-state index contributed by atoms with van der Waals surface area (Å²) in [6.45, 7) is 16.9. The molecule has 0 atom stereocenters. The molecule has 2 aromatic carbocycles. The van der Waals surface area contributed by atoms with E-state index in [9.17, 15) is 0 Å². The molecule has 1 aliphatic carbocycles. The lowest BCUT2D eigenvalue weighted by Crippen LogP contribution is -2.08. The zero-order valence-corrected chi connectivity index (χ0v) is 24.4.